The number of aromatic nitrogens is 3. The summed E-state index contributed by atoms with van der Waals surface area (Å²) >= 11 is 0. The van der Waals surface area contributed by atoms with E-state index in [-0.39, 0.29) is 32.7 Å². The Bertz CT molecular complexity index is 2790. The second-order valence-electron chi connectivity index (χ2n) is 12.0. The molecule has 0 N–H and O–H groups in total. The van der Waals surface area contributed by atoms with Gasteiger partial charge in [-0.2, -0.15) is 12.1 Å². The van der Waals surface area contributed by atoms with E-state index < -0.39 is 0 Å². The van der Waals surface area contributed by atoms with Crippen LogP contribution in [0.1, 0.15) is 0 Å². The van der Waals surface area contributed by atoms with E-state index in [0.29, 0.717) is 0 Å². The summed E-state index contributed by atoms with van der Waals surface area (Å²) in [5.41, 5.74) is 11.3. The molecule has 0 bridgehead atoms. The summed E-state index contributed by atoms with van der Waals surface area (Å²) in [5, 5.41) is 6.21. The van der Waals surface area contributed by atoms with Gasteiger partial charge in [0.15, 0.2) is 0 Å². The minimum absolute atomic E-state index is 0. The van der Waals surface area contributed by atoms with Gasteiger partial charge in [-0.25, -0.2) is 6.07 Å². The van der Waals surface area contributed by atoms with Crippen molar-refractivity contribution in [3.8, 4) is 28.2 Å². The van der Waals surface area contributed by atoms with Gasteiger partial charge < -0.3 is 13.7 Å². The molecule has 7 aromatic carbocycles. The molecule has 0 aliphatic heterocycles. The largest absolute Gasteiger partial charge is 0.439 e. The summed E-state index contributed by atoms with van der Waals surface area (Å²) in [6.45, 7) is 0. The van der Waals surface area contributed by atoms with Crippen molar-refractivity contribution in [2.45, 2.75) is 0 Å². The van der Waals surface area contributed by atoms with E-state index in [1.54, 1.807) is 0 Å². The second kappa shape index (κ2) is 11.5. The van der Waals surface area contributed by atoms with Crippen LogP contribution in [-0.2, 0) is 32.7 Å². The van der Waals surface area contributed by atoms with Crippen LogP contribution >= 0.6 is 0 Å². The minimum atomic E-state index is 0. The first-order chi connectivity index (χ1) is 23.3. The zero-order valence-electron chi connectivity index (χ0n) is 26.0. The standard InChI is InChI=1S/C44H27N3.Y/c1-3-14-30(15-4-1)37-29-45(38-23-10-7-20-34(37)38)32-18-13-19-33(28-32)47-40-25-12-9-22-36(40)44-42(47)27-26-41-43(44)35-21-8-11-24-39(35)46(41)31-16-5-2-6-17-31;/h1-17,19-28H;/q-2;. The van der Waals surface area contributed by atoms with Crippen LogP contribution in [0.3, 0.4) is 0 Å². The van der Waals surface area contributed by atoms with Gasteiger partial charge in [0, 0.05) is 59.9 Å². The van der Waals surface area contributed by atoms with Gasteiger partial charge in [0.2, 0.25) is 0 Å². The number of para-hydroxylation sites is 4. The molecule has 0 atom stereocenters. The minimum Gasteiger partial charge on any atom is -0.439 e. The molecule has 0 amide bonds. The zero-order valence-corrected chi connectivity index (χ0v) is 28.8. The first-order valence-corrected chi connectivity index (χ1v) is 16.0. The molecule has 3 aromatic heterocycles. The maximum Gasteiger partial charge on any atom is 0.0548 e. The van der Waals surface area contributed by atoms with Crippen LogP contribution in [0.4, 0.5) is 0 Å². The predicted octanol–water partition coefficient (Wildman–Crippen LogP) is 11.1. The van der Waals surface area contributed by atoms with Gasteiger partial charge in [0.25, 0.3) is 0 Å². The van der Waals surface area contributed by atoms with Crippen molar-refractivity contribution in [2.75, 3.05) is 0 Å². The molecule has 0 fully saturated rings. The molecule has 3 heterocycles. The topological polar surface area (TPSA) is 14.8 Å². The van der Waals surface area contributed by atoms with Crippen molar-refractivity contribution in [2.24, 2.45) is 0 Å². The fourth-order valence-electron chi connectivity index (χ4n) is 7.49. The summed E-state index contributed by atoms with van der Waals surface area (Å²) in [4.78, 5) is 0. The second-order valence-corrected chi connectivity index (χ2v) is 12.0. The molecule has 0 unspecified atom stereocenters. The molecular weight excluding hydrogens is 659 g/mol. The van der Waals surface area contributed by atoms with Gasteiger partial charge in [-0.1, -0.05) is 131 Å². The van der Waals surface area contributed by atoms with Crippen LogP contribution in [0, 0.1) is 12.3 Å². The number of rotatable bonds is 4. The Kier molecular flexibility index (Phi) is 6.93. The summed E-state index contributed by atoms with van der Waals surface area (Å²) in [5.74, 6) is 0. The summed E-state index contributed by atoms with van der Waals surface area (Å²) in [6, 6.07) is 61.8. The Labute approximate surface area is 303 Å². The van der Waals surface area contributed by atoms with E-state index in [0.717, 1.165) is 33.7 Å². The SMILES string of the molecule is [Y].[c-]1ccc(-n2c3ccccc3c3c4c5ccccc5n(-c5ccccc5)c4ccc32)cc1-n1[c-]c(-c2ccccc2)c2ccccc21. The number of nitrogens with zero attached hydrogens (tertiary/aromatic N) is 3. The summed E-state index contributed by atoms with van der Waals surface area (Å²) < 4.78 is 6.95. The molecule has 10 rings (SSSR count). The van der Waals surface area contributed by atoms with Gasteiger partial charge in [0.05, 0.1) is 22.1 Å². The Morgan fingerprint density at radius 1 is 0.417 bits per heavy atom. The van der Waals surface area contributed by atoms with Crippen molar-refractivity contribution in [1.29, 1.82) is 0 Å². The first kappa shape index (κ1) is 29.0. The quantitative estimate of drug-likeness (QED) is 0.164. The monoisotopic (exact) mass is 686 g/mol. The van der Waals surface area contributed by atoms with Crippen LogP contribution in [0.15, 0.2) is 164 Å². The average molecular weight is 687 g/mol. The van der Waals surface area contributed by atoms with Crippen LogP contribution in [0.2, 0.25) is 0 Å². The van der Waals surface area contributed by atoms with Gasteiger partial charge in [-0.05, 0) is 48.1 Å². The van der Waals surface area contributed by atoms with E-state index >= 15 is 0 Å². The van der Waals surface area contributed by atoms with Gasteiger partial charge in [-0.3, -0.25) is 0 Å². The maximum absolute atomic E-state index is 3.71. The van der Waals surface area contributed by atoms with Crippen molar-refractivity contribution in [3.63, 3.8) is 0 Å². The Morgan fingerprint density at radius 2 is 0.938 bits per heavy atom. The van der Waals surface area contributed by atoms with Crippen molar-refractivity contribution < 1.29 is 32.7 Å². The van der Waals surface area contributed by atoms with Crippen LogP contribution in [0.25, 0.3) is 82.7 Å². The molecule has 48 heavy (non-hydrogen) atoms. The molecule has 0 aliphatic carbocycles. The average Bonchev–Trinajstić information content (AvgIpc) is 3.80. The third kappa shape index (κ3) is 4.28. The molecule has 0 spiro atoms. The number of fused-ring (bicyclic) bond motifs is 8. The van der Waals surface area contributed by atoms with Crippen LogP contribution in [-0.4, -0.2) is 13.7 Å². The van der Waals surface area contributed by atoms with E-state index in [1.807, 2.05) is 6.07 Å². The molecule has 10 aromatic rings. The van der Waals surface area contributed by atoms with E-state index in [1.165, 1.54) is 49.0 Å². The third-order valence-corrected chi connectivity index (χ3v) is 9.46. The summed E-state index contributed by atoms with van der Waals surface area (Å²) in [6.07, 6.45) is 3.71. The molecule has 3 nitrogen and oxygen atoms in total. The van der Waals surface area contributed by atoms with Gasteiger partial charge >= 0.3 is 0 Å². The maximum atomic E-state index is 3.71. The Balaban J connectivity index is 0.00000314. The third-order valence-electron chi connectivity index (χ3n) is 9.46. The number of benzene rings is 7. The summed E-state index contributed by atoms with van der Waals surface area (Å²) in [7, 11) is 0. The van der Waals surface area contributed by atoms with E-state index in [9.17, 15) is 0 Å². The predicted molar refractivity (Wildman–Crippen MR) is 195 cm³/mol. The molecule has 0 aliphatic rings. The zero-order chi connectivity index (χ0) is 30.9. The first-order valence-electron chi connectivity index (χ1n) is 16.0. The fraction of sp³-hybridized carbons (Fsp3) is 0. The Morgan fingerprint density at radius 3 is 1.58 bits per heavy atom. The molecule has 4 heteroatoms. The van der Waals surface area contributed by atoms with Gasteiger partial charge in [-0.15, -0.1) is 11.8 Å². The number of hydrogen-bond acceptors (Lipinski definition) is 0. The van der Waals surface area contributed by atoms with Gasteiger partial charge in [0.1, 0.15) is 0 Å². The molecule has 1 radical (unpaired) electrons. The fourth-order valence-corrected chi connectivity index (χ4v) is 7.49. The molecular formula is C44H27N3Y-2. The molecule has 0 saturated heterocycles. The van der Waals surface area contributed by atoms with Crippen LogP contribution in [0.5, 0.6) is 0 Å². The molecule has 223 valence electrons. The van der Waals surface area contributed by atoms with Crippen molar-refractivity contribution in [3.05, 3.63) is 176 Å². The number of hydrogen-bond donors (Lipinski definition) is 0. The Hall–Kier alpha value is -5.22. The van der Waals surface area contributed by atoms with Crippen molar-refractivity contribution in [1.82, 2.24) is 13.7 Å². The van der Waals surface area contributed by atoms with Crippen molar-refractivity contribution >= 4 is 54.5 Å². The molecule has 0 saturated carbocycles. The van der Waals surface area contributed by atoms with Crippen LogP contribution < -0.4 is 0 Å². The normalized spacial score (nSPS) is 11.6. The van der Waals surface area contributed by atoms with E-state index in [4.69, 9.17) is 0 Å². The smallest absolute Gasteiger partial charge is 0.0548 e. The van der Waals surface area contributed by atoms with E-state index in [2.05, 4.69) is 184 Å².